The van der Waals surface area contributed by atoms with E-state index in [4.69, 9.17) is 10.9 Å². The van der Waals surface area contributed by atoms with Crippen molar-refractivity contribution in [1.82, 2.24) is 4.90 Å². The molecular weight excluding hydrogens is 271 g/mol. The van der Waals surface area contributed by atoms with Crippen LogP contribution in [0.1, 0.15) is 24.5 Å². The van der Waals surface area contributed by atoms with E-state index in [-0.39, 0.29) is 5.84 Å². The third-order valence-corrected chi connectivity index (χ3v) is 2.92. The third kappa shape index (κ3) is 5.08. The van der Waals surface area contributed by atoms with E-state index in [1.165, 1.54) is 6.07 Å². The van der Waals surface area contributed by atoms with E-state index in [2.05, 4.69) is 5.16 Å². The van der Waals surface area contributed by atoms with Crippen molar-refractivity contribution in [3.05, 3.63) is 35.4 Å². The fraction of sp³-hybridized carbons (Fsp3) is 0.462. The summed E-state index contributed by atoms with van der Waals surface area (Å²) in [5.41, 5.74) is 5.31. The van der Waals surface area contributed by atoms with Crippen LogP contribution in [0.3, 0.4) is 0 Å². The van der Waals surface area contributed by atoms with Gasteiger partial charge in [-0.15, -0.1) is 0 Å². The van der Waals surface area contributed by atoms with Crippen LogP contribution in [0, 0.1) is 0 Å². The van der Waals surface area contributed by atoms with Crippen molar-refractivity contribution >= 4 is 5.84 Å². The van der Waals surface area contributed by atoms with Crippen molar-refractivity contribution in [2.45, 2.75) is 26.1 Å². The highest BCUT2D eigenvalue weighted by Crippen LogP contribution is 2.29. The molecule has 0 saturated carbocycles. The van der Waals surface area contributed by atoms with E-state index in [1.54, 1.807) is 6.07 Å². The van der Waals surface area contributed by atoms with E-state index in [1.807, 2.05) is 11.8 Å². The minimum absolute atomic E-state index is 0.104. The maximum atomic E-state index is 12.6. The molecule has 0 amide bonds. The quantitative estimate of drug-likeness (QED) is 0.366. The molecule has 20 heavy (non-hydrogen) atoms. The molecule has 0 aliphatic rings. The number of benzene rings is 1. The highest BCUT2D eigenvalue weighted by atomic mass is 19.4. The first kappa shape index (κ1) is 16.3. The smallest absolute Gasteiger partial charge is 0.409 e. The van der Waals surface area contributed by atoms with Crippen molar-refractivity contribution in [3.8, 4) is 0 Å². The van der Waals surface area contributed by atoms with Crippen LogP contribution in [0.25, 0.3) is 0 Å². The van der Waals surface area contributed by atoms with Gasteiger partial charge >= 0.3 is 6.18 Å². The number of hydrogen-bond acceptors (Lipinski definition) is 3. The number of nitrogens with zero attached hydrogens (tertiary/aromatic N) is 2. The monoisotopic (exact) mass is 289 g/mol. The topological polar surface area (TPSA) is 61.8 Å². The first-order valence-corrected chi connectivity index (χ1v) is 6.21. The predicted octanol–water partition coefficient (Wildman–Crippen LogP) is 2.66. The second kappa shape index (κ2) is 7.14. The minimum Gasteiger partial charge on any atom is -0.409 e. The summed E-state index contributed by atoms with van der Waals surface area (Å²) in [5, 5.41) is 11.3. The molecule has 1 aromatic rings. The number of hydrogen-bond donors (Lipinski definition) is 2. The summed E-state index contributed by atoms with van der Waals surface area (Å²) < 4.78 is 37.8. The van der Waals surface area contributed by atoms with Crippen molar-refractivity contribution in [2.24, 2.45) is 10.9 Å². The second-order valence-corrected chi connectivity index (χ2v) is 4.41. The Morgan fingerprint density at radius 1 is 1.40 bits per heavy atom. The van der Waals surface area contributed by atoms with E-state index < -0.39 is 11.7 Å². The Bertz CT molecular complexity index is 460. The molecule has 0 saturated heterocycles. The lowest BCUT2D eigenvalue weighted by molar-refractivity contribution is -0.137. The van der Waals surface area contributed by atoms with Crippen molar-refractivity contribution in [1.29, 1.82) is 0 Å². The summed E-state index contributed by atoms with van der Waals surface area (Å²) in [4.78, 5) is 1.92. The summed E-state index contributed by atoms with van der Waals surface area (Å²) in [7, 11) is 0. The van der Waals surface area contributed by atoms with E-state index in [0.717, 1.165) is 12.1 Å². The van der Waals surface area contributed by atoms with Gasteiger partial charge in [-0.25, -0.2) is 0 Å². The van der Waals surface area contributed by atoms with Gasteiger partial charge in [-0.2, -0.15) is 13.2 Å². The van der Waals surface area contributed by atoms with Crippen LogP contribution in [0.4, 0.5) is 13.2 Å². The number of rotatable bonds is 6. The van der Waals surface area contributed by atoms with Crippen LogP contribution >= 0.6 is 0 Å². The van der Waals surface area contributed by atoms with Gasteiger partial charge in [0.15, 0.2) is 0 Å². The molecule has 4 nitrogen and oxygen atoms in total. The maximum absolute atomic E-state index is 12.6. The minimum atomic E-state index is -4.33. The Morgan fingerprint density at radius 2 is 2.10 bits per heavy atom. The maximum Gasteiger partial charge on any atom is 0.416 e. The Balaban J connectivity index is 2.70. The molecule has 0 bridgehead atoms. The highest BCUT2D eigenvalue weighted by Gasteiger charge is 2.30. The van der Waals surface area contributed by atoms with Gasteiger partial charge in [0.1, 0.15) is 5.84 Å². The molecule has 0 aromatic heterocycles. The molecule has 0 aliphatic carbocycles. The van der Waals surface area contributed by atoms with Crippen LogP contribution in [0.15, 0.2) is 29.4 Å². The second-order valence-electron chi connectivity index (χ2n) is 4.41. The van der Waals surface area contributed by atoms with E-state index >= 15 is 0 Å². The summed E-state index contributed by atoms with van der Waals surface area (Å²) in [6.07, 6.45) is -3.97. The molecule has 3 N–H and O–H groups in total. The fourth-order valence-corrected chi connectivity index (χ4v) is 1.78. The van der Waals surface area contributed by atoms with Crippen molar-refractivity contribution < 1.29 is 18.4 Å². The molecular formula is C13H18F3N3O. The van der Waals surface area contributed by atoms with Gasteiger partial charge in [0.05, 0.1) is 5.56 Å². The average Bonchev–Trinajstić information content (AvgIpc) is 2.42. The van der Waals surface area contributed by atoms with Gasteiger partial charge in [0, 0.05) is 19.5 Å². The molecule has 0 atom stereocenters. The lowest BCUT2D eigenvalue weighted by Crippen LogP contribution is -2.28. The van der Waals surface area contributed by atoms with Gasteiger partial charge in [0.2, 0.25) is 0 Å². The summed E-state index contributed by atoms with van der Waals surface area (Å²) in [6, 6.07) is 5.25. The zero-order valence-electron chi connectivity index (χ0n) is 11.2. The van der Waals surface area contributed by atoms with Gasteiger partial charge < -0.3 is 10.9 Å². The lowest BCUT2D eigenvalue weighted by atomic mass is 10.1. The molecule has 0 heterocycles. The summed E-state index contributed by atoms with van der Waals surface area (Å²) in [5.74, 6) is 0.104. The largest absolute Gasteiger partial charge is 0.416 e. The molecule has 1 rings (SSSR count). The van der Waals surface area contributed by atoms with E-state index in [0.29, 0.717) is 31.6 Å². The lowest BCUT2D eigenvalue weighted by Gasteiger charge is -2.20. The van der Waals surface area contributed by atoms with Gasteiger partial charge in [0.25, 0.3) is 0 Å². The van der Waals surface area contributed by atoms with Gasteiger partial charge in [-0.05, 0) is 18.2 Å². The standard InChI is InChI=1S/C13H18F3N3O/c1-2-19(7-6-12(17)18-20)9-10-4-3-5-11(8-10)13(14,15)16/h3-5,8,20H,2,6-7,9H2,1H3,(H2,17,18). The molecule has 0 spiro atoms. The first-order chi connectivity index (χ1) is 9.36. The van der Waals surface area contributed by atoms with Crippen LogP contribution in [0.5, 0.6) is 0 Å². The summed E-state index contributed by atoms with van der Waals surface area (Å²) >= 11 is 0. The molecule has 0 aliphatic heterocycles. The first-order valence-electron chi connectivity index (χ1n) is 6.21. The van der Waals surface area contributed by atoms with Gasteiger partial charge in [-0.1, -0.05) is 30.3 Å². The SMILES string of the molecule is CCN(CCC(N)=NO)Cc1cccc(C(F)(F)F)c1. The molecule has 1 aromatic carbocycles. The molecule has 0 radical (unpaired) electrons. The number of alkyl halides is 3. The Kier molecular flexibility index (Phi) is 5.82. The Labute approximate surface area is 115 Å². The number of amidine groups is 1. The fourth-order valence-electron chi connectivity index (χ4n) is 1.78. The van der Waals surface area contributed by atoms with Crippen LogP contribution < -0.4 is 5.73 Å². The molecule has 0 unspecified atom stereocenters. The zero-order chi connectivity index (χ0) is 15.2. The van der Waals surface area contributed by atoms with Crippen LogP contribution in [-0.4, -0.2) is 29.0 Å². The van der Waals surface area contributed by atoms with E-state index in [9.17, 15) is 13.2 Å². The highest BCUT2D eigenvalue weighted by molar-refractivity contribution is 5.79. The Hall–Kier alpha value is -1.76. The molecule has 112 valence electrons. The predicted molar refractivity (Wildman–Crippen MR) is 70.4 cm³/mol. The zero-order valence-corrected chi connectivity index (χ0v) is 11.2. The number of nitrogens with two attached hydrogens (primary N) is 1. The third-order valence-electron chi connectivity index (χ3n) is 2.92. The number of oxime groups is 1. The molecule has 7 heteroatoms. The average molecular weight is 289 g/mol. The Morgan fingerprint density at radius 3 is 2.65 bits per heavy atom. The van der Waals surface area contributed by atoms with Crippen LogP contribution in [0.2, 0.25) is 0 Å². The molecule has 0 fully saturated rings. The van der Waals surface area contributed by atoms with Gasteiger partial charge in [-0.3, -0.25) is 4.90 Å². The van der Waals surface area contributed by atoms with Crippen LogP contribution in [-0.2, 0) is 12.7 Å². The normalized spacial score (nSPS) is 12.9. The van der Waals surface area contributed by atoms with Crippen molar-refractivity contribution in [3.63, 3.8) is 0 Å². The summed E-state index contributed by atoms with van der Waals surface area (Å²) in [6.45, 7) is 3.47. The number of halogens is 3. The van der Waals surface area contributed by atoms with Crippen molar-refractivity contribution in [2.75, 3.05) is 13.1 Å².